The predicted molar refractivity (Wildman–Crippen MR) is 90.4 cm³/mol. The highest BCUT2D eigenvalue weighted by atomic mass is 16.5. The highest BCUT2D eigenvalue weighted by Crippen LogP contribution is 2.53. The number of hydrogen-bond acceptors (Lipinski definition) is 6. The number of aromatic amines is 2. The third-order valence-corrected chi connectivity index (χ3v) is 4.71. The van der Waals surface area contributed by atoms with Crippen LogP contribution in [-0.4, -0.2) is 22.4 Å². The zero-order valence-corrected chi connectivity index (χ0v) is 13.6. The van der Waals surface area contributed by atoms with Crippen molar-refractivity contribution in [3.63, 3.8) is 0 Å². The van der Waals surface area contributed by atoms with Gasteiger partial charge in [-0.25, -0.2) is 4.79 Å². The van der Waals surface area contributed by atoms with E-state index in [0.717, 1.165) is 0 Å². The molecule has 0 saturated heterocycles. The van der Waals surface area contributed by atoms with E-state index in [2.05, 4.69) is 9.97 Å². The fourth-order valence-corrected chi connectivity index (χ4v) is 3.74. The molecule has 1 amide bonds. The Kier molecular flexibility index (Phi) is 3.08. The molecule has 0 aliphatic carbocycles. The van der Waals surface area contributed by atoms with Crippen LogP contribution < -0.4 is 26.6 Å². The molecule has 2 aromatic rings. The number of carbonyl (C=O) groups excluding carboxylic acids is 1. The average Bonchev–Trinajstić information content (AvgIpc) is 2.84. The molecule has 3 heterocycles. The van der Waals surface area contributed by atoms with Crippen molar-refractivity contribution in [1.29, 1.82) is 5.26 Å². The number of para-hydroxylation sites is 1. The minimum absolute atomic E-state index is 0.156. The number of aromatic nitrogens is 2. The zero-order valence-electron chi connectivity index (χ0n) is 13.6. The smallest absolute Gasteiger partial charge is 0.328 e. The summed E-state index contributed by atoms with van der Waals surface area (Å²) in [5, 5.41) is 9.74. The van der Waals surface area contributed by atoms with Gasteiger partial charge in [-0.2, -0.15) is 5.26 Å². The lowest BCUT2D eigenvalue weighted by molar-refractivity contribution is -0.121. The van der Waals surface area contributed by atoms with E-state index >= 15 is 0 Å². The van der Waals surface area contributed by atoms with E-state index in [1.807, 2.05) is 6.07 Å². The van der Waals surface area contributed by atoms with Gasteiger partial charge in [0.25, 0.3) is 5.56 Å². The Labute approximate surface area is 146 Å². The van der Waals surface area contributed by atoms with Crippen molar-refractivity contribution in [2.45, 2.75) is 12.3 Å². The van der Waals surface area contributed by atoms with Gasteiger partial charge in [-0.05, 0) is 13.0 Å². The molecule has 4 rings (SSSR count). The molecule has 0 fully saturated rings. The fourth-order valence-electron chi connectivity index (χ4n) is 3.74. The molecule has 130 valence electrons. The number of H-pyrrole nitrogens is 2. The van der Waals surface area contributed by atoms with Crippen LogP contribution in [0, 0.1) is 11.3 Å². The van der Waals surface area contributed by atoms with Gasteiger partial charge in [0.15, 0.2) is 5.41 Å². The molecule has 2 aliphatic rings. The summed E-state index contributed by atoms with van der Waals surface area (Å²) in [5.41, 5.74) is 3.18. The zero-order chi connectivity index (χ0) is 18.6. The first-order valence-corrected chi connectivity index (χ1v) is 7.83. The summed E-state index contributed by atoms with van der Waals surface area (Å²) in [6.45, 7) is 2.11. The van der Waals surface area contributed by atoms with Crippen LogP contribution in [-0.2, 0) is 10.2 Å². The lowest BCUT2D eigenvalue weighted by Crippen LogP contribution is -2.50. The summed E-state index contributed by atoms with van der Waals surface area (Å²) in [6.07, 6.45) is 0. The van der Waals surface area contributed by atoms with Gasteiger partial charge < -0.3 is 15.4 Å². The minimum Gasteiger partial charge on any atom is -0.423 e. The van der Waals surface area contributed by atoms with Gasteiger partial charge in [-0.1, -0.05) is 18.2 Å². The lowest BCUT2D eigenvalue weighted by Gasteiger charge is -2.32. The molecule has 9 nitrogen and oxygen atoms in total. The van der Waals surface area contributed by atoms with E-state index in [-0.39, 0.29) is 22.9 Å². The number of amides is 1. The second-order valence-corrected chi connectivity index (χ2v) is 5.88. The highest BCUT2D eigenvalue weighted by molar-refractivity contribution is 6.14. The van der Waals surface area contributed by atoms with Crippen LogP contribution in [0.15, 0.2) is 45.3 Å². The molecule has 4 N–H and O–H groups in total. The standard InChI is InChI=1S/C17H13N5O4/c1-2-22-10-6-4-3-5-8(10)17(15(22)24)9(7-18)12(19)26-14-11(17)13(23)20-16(25)21-14/h3-6H,2,19H2,1H3,(H2,20,21,23,25)/t17-/m0/s1. The summed E-state index contributed by atoms with van der Waals surface area (Å²) in [4.78, 5) is 43.7. The lowest BCUT2D eigenvalue weighted by atomic mass is 9.69. The van der Waals surface area contributed by atoms with Gasteiger partial charge in [-0.15, -0.1) is 0 Å². The first-order chi connectivity index (χ1) is 12.5. The Balaban J connectivity index is 2.24. The minimum atomic E-state index is -1.77. The number of hydrogen-bond donors (Lipinski definition) is 3. The van der Waals surface area contributed by atoms with Crippen LogP contribution in [0.3, 0.4) is 0 Å². The van der Waals surface area contributed by atoms with E-state index < -0.39 is 22.6 Å². The van der Waals surface area contributed by atoms with Crippen molar-refractivity contribution in [3.8, 4) is 11.9 Å². The maximum Gasteiger partial charge on any atom is 0.328 e. The third-order valence-electron chi connectivity index (χ3n) is 4.71. The van der Waals surface area contributed by atoms with E-state index in [4.69, 9.17) is 10.5 Å². The van der Waals surface area contributed by atoms with Crippen LogP contribution in [0.4, 0.5) is 5.69 Å². The van der Waals surface area contributed by atoms with Crippen molar-refractivity contribution in [2.75, 3.05) is 11.4 Å². The van der Waals surface area contributed by atoms with Gasteiger partial charge in [0.1, 0.15) is 17.2 Å². The van der Waals surface area contributed by atoms with Crippen LogP contribution in [0.25, 0.3) is 0 Å². The van der Waals surface area contributed by atoms with Crippen molar-refractivity contribution >= 4 is 11.6 Å². The van der Waals surface area contributed by atoms with Crippen molar-refractivity contribution in [2.24, 2.45) is 5.73 Å². The quantitative estimate of drug-likeness (QED) is 0.649. The molecule has 9 heteroatoms. The van der Waals surface area contributed by atoms with E-state index in [1.165, 1.54) is 4.90 Å². The summed E-state index contributed by atoms with van der Waals surface area (Å²) in [7, 11) is 0. The molecular formula is C17H13N5O4. The van der Waals surface area contributed by atoms with Crippen LogP contribution in [0.2, 0.25) is 0 Å². The van der Waals surface area contributed by atoms with Crippen molar-refractivity contribution < 1.29 is 9.53 Å². The Morgan fingerprint density at radius 3 is 2.69 bits per heavy atom. The Morgan fingerprint density at radius 2 is 2.00 bits per heavy atom. The molecule has 26 heavy (non-hydrogen) atoms. The number of fused-ring (bicyclic) bond motifs is 4. The number of nitrogens with one attached hydrogen (secondary N) is 2. The third kappa shape index (κ3) is 1.65. The summed E-state index contributed by atoms with van der Waals surface area (Å²) < 4.78 is 5.30. The van der Waals surface area contributed by atoms with E-state index in [1.54, 1.807) is 31.2 Å². The molecule has 0 unspecified atom stereocenters. The van der Waals surface area contributed by atoms with E-state index in [0.29, 0.717) is 17.8 Å². The molecule has 1 aromatic carbocycles. The number of nitriles is 1. The maximum atomic E-state index is 13.5. The highest BCUT2D eigenvalue weighted by Gasteiger charge is 2.60. The van der Waals surface area contributed by atoms with Crippen molar-refractivity contribution in [3.05, 3.63) is 67.7 Å². The summed E-state index contributed by atoms with van der Waals surface area (Å²) >= 11 is 0. The molecule has 1 aromatic heterocycles. The summed E-state index contributed by atoms with van der Waals surface area (Å²) in [5.74, 6) is -1.07. The largest absolute Gasteiger partial charge is 0.423 e. The SMILES string of the molecule is CCN1C(=O)[C@]2(C(C#N)=C(N)Oc3[nH]c(=O)[nH]c(=O)c32)c2ccccc21. The van der Waals surface area contributed by atoms with Crippen LogP contribution in [0.5, 0.6) is 5.88 Å². The average molecular weight is 351 g/mol. The molecule has 0 bridgehead atoms. The molecule has 0 radical (unpaired) electrons. The predicted octanol–water partition coefficient (Wildman–Crippen LogP) is -0.198. The van der Waals surface area contributed by atoms with Gasteiger partial charge in [0.05, 0.1) is 0 Å². The normalized spacial score (nSPS) is 20.6. The number of benzene rings is 1. The molecular weight excluding hydrogens is 338 g/mol. The Hall–Kier alpha value is -3.80. The Morgan fingerprint density at radius 1 is 1.27 bits per heavy atom. The van der Waals surface area contributed by atoms with Gasteiger partial charge >= 0.3 is 5.69 Å². The topological polar surface area (TPSA) is 145 Å². The number of nitrogens with two attached hydrogens (primary N) is 1. The molecule has 2 aliphatic heterocycles. The molecule has 0 saturated carbocycles. The van der Waals surface area contributed by atoms with Crippen molar-refractivity contribution in [1.82, 2.24) is 9.97 Å². The monoisotopic (exact) mass is 351 g/mol. The number of rotatable bonds is 1. The number of ether oxygens (including phenoxy) is 1. The number of likely N-dealkylation sites (N-methyl/N-ethyl adjacent to an activating group) is 1. The molecule has 1 spiro atoms. The summed E-state index contributed by atoms with van der Waals surface area (Å²) in [6, 6.07) is 8.77. The van der Waals surface area contributed by atoms with Gasteiger partial charge in [-0.3, -0.25) is 19.6 Å². The first-order valence-electron chi connectivity index (χ1n) is 7.83. The second kappa shape index (κ2) is 5.10. The number of carbonyl (C=O) groups is 1. The second-order valence-electron chi connectivity index (χ2n) is 5.88. The van der Waals surface area contributed by atoms with E-state index in [9.17, 15) is 19.6 Å². The van der Waals surface area contributed by atoms with Gasteiger partial charge in [0, 0.05) is 17.8 Å². The van der Waals surface area contributed by atoms with Crippen LogP contribution >= 0.6 is 0 Å². The maximum absolute atomic E-state index is 13.5. The Bertz CT molecular complexity index is 1150. The number of nitrogens with zero attached hydrogens (tertiary/aromatic N) is 2. The number of anilines is 1. The van der Waals surface area contributed by atoms with Gasteiger partial charge in [0.2, 0.25) is 17.7 Å². The first kappa shape index (κ1) is 15.7. The molecule has 1 atom stereocenters. The van der Waals surface area contributed by atoms with Crippen LogP contribution in [0.1, 0.15) is 18.1 Å². The fraction of sp³-hybridized carbons (Fsp3) is 0.176.